The molecule has 1 amide bonds. The smallest absolute Gasteiger partial charge is 0.271 e. The van der Waals surface area contributed by atoms with Crippen LogP contribution in [0.4, 0.5) is 5.69 Å². The van der Waals surface area contributed by atoms with Crippen molar-refractivity contribution in [3.05, 3.63) is 63.7 Å². The van der Waals surface area contributed by atoms with Crippen LogP contribution in [0.25, 0.3) is 0 Å². The number of phenolic OH excluding ortho intramolecular Hbond substituents is 2. The first-order valence-corrected chi connectivity index (χ1v) is 6.06. The third-order valence-corrected chi connectivity index (χ3v) is 2.63. The van der Waals surface area contributed by atoms with E-state index in [9.17, 15) is 25.1 Å². The summed E-state index contributed by atoms with van der Waals surface area (Å²) in [5.41, 5.74) is 2.56. The number of benzene rings is 2. The Morgan fingerprint density at radius 1 is 1.18 bits per heavy atom. The third-order valence-electron chi connectivity index (χ3n) is 2.63. The lowest BCUT2D eigenvalue weighted by molar-refractivity contribution is -0.384. The van der Waals surface area contributed by atoms with Gasteiger partial charge in [0.25, 0.3) is 11.6 Å². The maximum absolute atomic E-state index is 11.8. The van der Waals surface area contributed by atoms with Gasteiger partial charge in [0.1, 0.15) is 11.5 Å². The van der Waals surface area contributed by atoms with E-state index in [1.54, 1.807) is 6.07 Å². The molecule has 0 aliphatic carbocycles. The number of nitro groups is 1. The summed E-state index contributed by atoms with van der Waals surface area (Å²) in [6.07, 6.45) is 1.24. The maximum Gasteiger partial charge on any atom is 0.271 e. The summed E-state index contributed by atoms with van der Waals surface area (Å²) in [7, 11) is 0. The van der Waals surface area contributed by atoms with E-state index in [1.165, 1.54) is 24.4 Å². The van der Waals surface area contributed by atoms with Crippen molar-refractivity contribution in [1.82, 2.24) is 5.43 Å². The predicted molar refractivity (Wildman–Crippen MR) is 77.9 cm³/mol. The molecular weight excluding hydrogens is 290 g/mol. The van der Waals surface area contributed by atoms with Crippen molar-refractivity contribution >= 4 is 17.8 Å². The Hall–Kier alpha value is -3.42. The zero-order chi connectivity index (χ0) is 16.1. The van der Waals surface area contributed by atoms with Crippen LogP contribution in [-0.2, 0) is 0 Å². The van der Waals surface area contributed by atoms with Gasteiger partial charge in [-0.15, -0.1) is 0 Å². The van der Waals surface area contributed by atoms with Gasteiger partial charge in [0.05, 0.1) is 11.1 Å². The second-order valence-corrected chi connectivity index (χ2v) is 4.29. The molecular formula is C14H11N3O5. The molecule has 3 N–H and O–H groups in total. The first-order chi connectivity index (χ1) is 10.5. The van der Waals surface area contributed by atoms with E-state index in [0.29, 0.717) is 5.56 Å². The van der Waals surface area contributed by atoms with Gasteiger partial charge in [-0.1, -0.05) is 12.1 Å². The van der Waals surface area contributed by atoms with Crippen molar-refractivity contribution in [3.63, 3.8) is 0 Å². The number of phenols is 2. The van der Waals surface area contributed by atoms with Gasteiger partial charge in [-0.05, 0) is 12.1 Å². The van der Waals surface area contributed by atoms with Crippen LogP contribution in [0.2, 0.25) is 0 Å². The largest absolute Gasteiger partial charge is 0.508 e. The van der Waals surface area contributed by atoms with Crippen LogP contribution in [0.15, 0.2) is 47.6 Å². The first kappa shape index (κ1) is 15.0. The minimum Gasteiger partial charge on any atom is -0.508 e. The highest BCUT2D eigenvalue weighted by Gasteiger charge is 2.08. The second kappa shape index (κ2) is 6.35. The Bertz CT molecular complexity index is 738. The lowest BCUT2D eigenvalue weighted by Crippen LogP contribution is -2.17. The van der Waals surface area contributed by atoms with Gasteiger partial charge in [-0.2, -0.15) is 5.10 Å². The van der Waals surface area contributed by atoms with Crippen molar-refractivity contribution in [2.45, 2.75) is 0 Å². The number of carbonyl (C=O) groups excluding carboxylic acids is 1. The molecule has 0 aliphatic rings. The molecule has 0 saturated carbocycles. The van der Waals surface area contributed by atoms with Crippen molar-refractivity contribution in [2.75, 3.05) is 0 Å². The SMILES string of the molecule is O=C(N/N=C/c1cccc([N+](=O)[O-])c1)c1cc(O)cc(O)c1. The molecule has 2 rings (SSSR count). The number of nitrogens with one attached hydrogen (secondary N) is 1. The minimum atomic E-state index is -0.645. The molecule has 8 nitrogen and oxygen atoms in total. The Balaban J connectivity index is 2.07. The number of carbonyl (C=O) groups is 1. The molecule has 0 fully saturated rings. The molecule has 0 radical (unpaired) electrons. The molecule has 8 heteroatoms. The number of hydrogen-bond donors (Lipinski definition) is 3. The Morgan fingerprint density at radius 2 is 1.86 bits per heavy atom. The van der Waals surface area contributed by atoms with Crippen molar-refractivity contribution in [3.8, 4) is 11.5 Å². The van der Waals surface area contributed by atoms with E-state index in [2.05, 4.69) is 10.5 Å². The molecule has 0 bridgehead atoms. The van der Waals surface area contributed by atoms with Gasteiger partial charge in [0.2, 0.25) is 0 Å². The Kier molecular flexibility index (Phi) is 4.33. The van der Waals surface area contributed by atoms with Crippen LogP contribution < -0.4 is 5.43 Å². The Labute approximate surface area is 124 Å². The van der Waals surface area contributed by atoms with Gasteiger partial charge in [0, 0.05) is 29.3 Å². The predicted octanol–water partition coefficient (Wildman–Crippen LogP) is 1.77. The molecule has 0 saturated heterocycles. The molecule has 0 atom stereocenters. The van der Waals surface area contributed by atoms with Gasteiger partial charge in [0.15, 0.2) is 0 Å². The lowest BCUT2D eigenvalue weighted by Gasteiger charge is -2.02. The third kappa shape index (κ3) is 3.79. The van der Waals surface area contributed by atoms with Crippen molar-refractivity contribution in [2.24, 2.45) is 5.10 Å². The van der Waals surface area contributed by atoms with E-state index in [1.807, 2.05) is 0 Å². The number of aromatic hydroxyl groups is 2. The number of nitro benzene ring substituents is 1. The highest BCUT2D eigenvalue weighted by Crippen LogP contribution is 2.20. The number of hydrazone groups is 1. The van der Waals surface area contributed by atoms with Gasteiger partial charge < -0.3 is 10.2 Å². The average Bonchev–Trinajstić information content (AvgIpc) is 2.46. The number of nitrogens with zero attached hydrogens (tertiary/aromatic N) is 2. The quantitative estimate of drug-likeness (QED) is 0.451. The fraction of sp³-hybridized carbons (Fsp3) is 0. The molecule has 0 unspecified atom stereocenters. The molecule has 0 spiro atoms. The number of non-ortho nitro benzene ring substituents is 1. The monoisotopic (exact) mass is 301 g/mol. The highest BCUT2D eigenvalue weighted by atomic mass is 16.6. The molecule has 0 aliphatic heterocycles. The minimum absolute atomic E-state index is 0.0219. The van der Waals surface area contributed by atoms with Gasteiger partial charge in [-0.25, -0.2) is 5.43 Å². The van der Waals surface area contributed by atoms with Crippen molar-refractivity contribution in [1.29, 1.82) is 0 Å². The molecule has 2 aromatic carbocycles. The summed E-state index contributed by atoms with van der Waals surface area (Å²) in [6, 6.07) is 9.14. The van der Waals surface area contributed by atoms with Crippen LogP contribution in [-0.4, -0.2) is 27.3 Å². The summed E-state index contributed by atoms with van der Waals surface area (Å²) in [5, 5.41) is 32.9. The number of rotatable bonds is 4. The molecule has 0 heterocycles. The maximum atomic E-state index is 11.8. The fourth-order valence-corrected chi connectivity index (χ4v) is 1.67. The number of hydrogen-bond acceptors (Lipinski definition) is 6. The Morgan fingerprint density at radius 3 is 2.50 bits per heavy atom. The normalized spacial score (nSPS) is 10.5. The summed E-state index contributed by atoms with van der Waals surface area (Å²) >= 11 is 0. The van der Waals surface area contributed by atoms with Crippen LogP contribution in [0.1, 0.15) is 15.9 Å². The summed E-state index contributed by atoms with van der Waals surface area (Å²) in [5.74, 6) is -1.16. The van der Waals surface area contributed by atoms with E-state index in [-0.39, 0.29) is 22.7 Å². The van der Waals surface area contributed by atoms with Crippen LogP contribution in [0, 0.1) is 10.1 Å². The topological polar surface area (TPSA) is 125 Å². The first-order valence-electron chi connectivity index (χ1n) is 6.06. The van der Waals surface area contributed by atoms with Crippen LogP contribution in [0.3, 0.4) is 0 Å². The summed E-state index contributed by atoms with van der Waals surface area (Å²) in [6.45, 7) is 0. The molecule has 112 valence electrons. The standard InChI is InChI=1S/C14H11N3O5/c18-12-5-10(6-13(19)7-12)14(20)16-15-8-9-2-1-3-11(4-9)17(21)22/h1-8,18-19H,(H,16,20)/b15-8+. The molecule has 22 heavy (non-hydrogen) atoms. The zero-order valence-corrected chi connectivity index (χ0v) is 11.1. The summed E-state index contributed by atoms with van der Waals surface area (Å²) in [4.78, 5) is 21.9. The van der Waals surface area contributed by atoms with Gasteiger partial charge >= 0.3 is 0 Å². The highest BCUT2D eigenvalue weighted by molar-refractivity contribution is 5.95. The fourth-order valence-electron chi connectivity index (χ4n) is 1.67. The van der Waals surface area contributed by atoms with E-state index >= 15 is 0 Å². The van der Waals surface area contributed by atoms with E-state index < -0.39 is 10.8 Å². The van der Waals surface area contributed by atoms with Crippen LogP contribution in [0.5, 0.6) is 11.5 Å². The molecule has 2 aromatic rings. The lowest BCUT2D eigenvalue weighted by atomic mass is 10.2. The van der Waals surface area contributed by atoms with Crippen LogP contribution >= 0.6 is 0 Å². The van der Waals surface area contributed by atoms with Gasteiger partial charge in [-0.3, -0.25) is 14.9 Å². The second-order valence-electron chi connectivity index (χ2n) is 4.29. The van der Waals surface area contributed by atoms with Crippen molar-refractivity contribution < 1.29 is 19.9 Å². The molecule has 0 aromatic heterocycles. The summed E-state index contributed by atoms with van der Waals surface area (Å²) < 4.78 is 0. The van der Waals surface area contributed by atoms with E-state index in [0.717, 1.165) is 18.2 Å². The number of amides is 1. The average molecular weight is 301 g/mol. The zero-order valence-electron chi connectivity index (χ0n) is 11.1. The van der Waals surface area contributed by atoms with E-state index in [4.69, 9.17) is 0 Å².